The third-order valence-electron chi connectivity index (χ3n) is 5.69. The molecule has 0 spiro atoms. The first-order valence-electron chi connectivity index (χ1n) is 9.58. The highest BCUT2D eigenvalue weighted by Gasteiger charge is 2.21. The molecule has 0 radical (unpaired) electrons. The van der Waals surface area contributed by atoms with E-state index in [1.807, 2.05) is 12.1 Å². The van der Waals surface area contributed by atoms with Gasteiger partial charge in [0, 0.05) is 24.5 Å². The summed E-state index contributed by atoms with van der Waals surface area (Å²) in [4.78, 5) is 16.1. The quantitative estimate of drug-likeness (QED) is 0.888. The van der Waals surface area contributed by atoms with Gasteiger partial charge < -0.3 is 15.1 Å². The van der Waals surface area contributed by atoms with Gasteiger partial charge in [0.2, 0.25) is 0 Å². The minimum absolute atomic E-state index is 0.138. The third-order valence-corrected chi connectivity index (χ3v) is 5.69. The predicted octanol–water partition coefficient (Wildman–Crippen LogP) is 2.18. The molecule has 132 valence electrons. The number of quaternary nitrogens is 1. The van der Waals surface area contributed by atoms with Crippen LogP contribution < -0.4 is 15.1 Å². The van der Waals surface area contributed by atoms with Crippen LogP contribution in [0, 0.1) is 11.8 Å². The molecule has 1 amide bonds. The van der Waals surface area contributed by atoms with Gasteiger partial charge in [0.05, 0.1) is 13.1 Å². The SMILES string of the molecule is CC1CCN(c2ccc(NC(=O)C[NH+]3CCC(C)CC3)cc2)CC1. The Morgan fingerprint density at radius 1 is 1.04 bits per heavy atom. The highest BCUT2D eigenvalue weighted by molar-refractivity contribution is 5.91. The second kappa shape index (κ2) is 8.02. The fourth-order valence-electron chi connectivity index (χ4n) is 3.80. The lowest BCUT2D eigenvalue weighted by atomic mass is 9.99. The molecule has 2 aliphatic rings. The van der Waals surface area contributed by atoms with Crippen molar-refractivity contribution in [2.75, 3.05) is 42.9 Å². The summed E-state index contributed by atoms with van der Waals surface area (Å²) in [6.07, 6.45) is 5.03. The Balaban J connectivity index is 1.48. The summed E-state index contributed by atoms with van der Waals surface area (Å²) in [5.41, 5.74) is 2.19. The fourth-order valence-corrected chi connectivity index (χ4v) is 3.80. The van der Waals surface area contributed by atoms with Gasteiger partial charge in [-0.3, -0.25) is 4.79 Å². The number of amides is 1. The zero-order valence-electron chi connectivity index (χ0n) is 15.2. The summed E-state index contributed by atoms with van der Waals surface area (Å²) in [7, 11) is 0. The van der Waals surface area contributed by atoms with E-state index in [2.05, 4.69) is 36.2 Å². The van der Waals surface area contributed by atoms with Crippen molar-refractivity contribution in [2.45, 2.75) is 39.5 Å². The molecule has 1 aromatic carbocycles. The lowest BCUT2D eigenvalue weighted by Crippen LogP contribution is -3.14. The van der Waals surface area contributed by atoms with E-state index in [1.165, 1.54) is 36.3 Å². The van der Waals surface area contributed by atoms with Crippen LogP contribution in [0.25, 0.3) is 0 Å². The van der Waals surface area contributed by atoms with Crippen molar-refractivity contribution in [3.05, 3.63) is 24.3 Å². The standard InChI is InChI=1S/C20H31N3O/c1-16-7-11-22(12-8-16)15-20(24)21-18-3-5-19(6-4-18)23-13-9-17(2)10-14-23/h3-6,16-17H,7-15H2,1-2H3,(H,21,24)/p+1. The lowest BCUT2D eigenvalue weighted by Gasteiger charge is -2.32. The molecular weight excluding hydrogens is 298 g/mol. The molecular formula is C20H32N3O+. The van der Waals surface area contributed by atoms with E-state index in [4.69, 9.17) is 0 Å². The Morgan fingerprint density at radius 3 is 2.25 bits per heavy atom. The maximum Gasteiger partial charge on any atom is 0.279 e. The van der Waals surface area contributed by atoms with Gasteiger partial charge in [-0.05, 0) is 61.8 Å². The molecule has 0 aromatic heterocycles. The molecule has 3 rings (SSSR count). The summed E-state index contributed by atoms with van der Waals surface area (Å²) >= 11 is 0. The van der Waals surface area contributed by atoms with Gasteiger partial charge in [-0.15, -0.1) is 0 Å². The van der Waals surface area contributed by atoms with Crippen LogP contribution in [0.2, 0.25) is 0 Å². The molecule has 4 nitrogen and oxygen atoms in total. The molecule has 0 atom stereocenters. The van der Waals surface area contributed by atoms with E-state index in [1.54, 1.807) is 0 Å². The Morgan fingerprint density at radius 2 is 1.62 bits per heavy atom. The Labute approximate surface area is 146 Å². The van der Waals surface area contributed by atoms with Crippen LogP contribution in [-0.4, -0.2) is 38.6 Å². The summed E-state index contributed by atoms with van der Waals surface area (Å²) in [6.45, 7) is 9.77. The topological polar surface area (TPSA) is 36.8 Å². The van der Waals surface area contributed by atoms with E-state index in [0.717, 1.165) is 43.7 Å². The molecule has 24 heavy (non-hydrogen) atoms. The maximum absolute atomic E-state index is 12.2. The number of nitrogens with zero attached hydrogens (tertiary/aromatic N) is 1. The molecule has 0 unspecified atom stereocenters. The van der Waals surface area contributed by atoms with Gasteiger partial charge in [-0.2, -0.15) is 0 Å². The third kappa shape index (κ3) is 4.73. The Hall–Kier alpha value is -1.55. The van der Waals surface area contributed by atoms with Gasteiger partial charge in [0.25, 0.3) is 5.91 Å². The summed E-state index contributed by atoms with van der Waals surface area (Å²) < 4.78 is 0. The Bertz CT molecular complexity index is 526. The Kier molecular flexibility index (Phi) is 5.77. The van der Waals surface area contributed by atoms with Crippen LogP contribution in [0.3, 0.4) is 0 Å². The van der Waals surface area contributed by atoms with E-state index in [0.29, 0.717) is 6.54 Å². The van der Waals surface area contributed by atoms with Crippen molar-refractivity contribution in [3.63, 3.8) is 0 Å². The number of hydrogen-bond acceptors (Lipinski definition) is 2. The maximum atomic E-state index is 12.2. The van der Waals surface area contributed by atoms with Gasteiger partial charge in [0.15, 0.2) is 6.54 Å². The zero-order valence-corrected chi connectivity index (χ0v) is 15.2. The van der Waals surface area contributed by atoms with Crippen molar-refractivity contribution >= 4 is 17.3 Å². The first kappa shape index (κ1) is 17.3. The van der Waals surface area contributed by atoms with E-state index in [-0.39, 0.29) is 5.91 Å². The molecule has 0 bridgehead atoms. The molecule has 0 saturated carbocycles. The molecule has 2 aliphatic heterocycles. The average Bonchev–Trinajstić information content (AvgIpc) is 2.58. The summed E-state index contributed by atoms with van der Waals surface area (Å²) in [5, 5.41) is 3.06. The minimum Gasteiger partial charge on any atom is -0.372 e. The fraction of sp³-hybridized carbons (Fsp3) is 0.650. The lowest BCUT2D eigenvalue weighted by molar-refractivity contribution is -0.897. The van der Waals surface area contributed by atoms with Gasteiger partial charge >= 0.3 is 0 Å². The summed E-state index contributed by atoms with van der Waals surface area (Å²) in [5.74, 6) is 1.81. The summed E-state index contributed by atoms with van der Waals surface area (Å²) in [6, 6.07) is 8.36. The van der Waals surface area contributed by atoms with Crippen molar-refractivity contribution in [1.29, 1.82) is 0 Å². The number of carbonyl (C=O) groups is 1. The molecule has 0 aliphatic carbocycles. The van der Waals surface area contributed by atoms with Crippen LogP contribution in [0.1, 0.15) is 39.5 Å². The average molecular weight is 330 g/mol. The van der Waals surface area contributed by atoms with E-state index in [9.17, 15) is 4.79 Å². The number of nitrogens with one attached hydrogen (secondary N) is 2. The number of likely N-dealkylation sites (tertiary alicyclic amines) is 1. The highest BCUT2D eigenvalue weighted by Crippen LogP contribution is 2.24. The number of piperidine rings is 2. The van der Waals surface area contributed by atoms with Crippen molar-refractivity contribution < 1.29 is 9.69 Å². The zero-order chi connectivity index (χ0) is 16.9. The van der Waals surface area contributed by atoms with E-state index < -0.39 is 0 Å². The molecule has 2 heterocycles. The number of carbonyl (C=O) groups excluding carboxylic acids is 1. The van der Waals surface area contributed by atoms with Crippen molar-refractivity contribution in [3.8, 4) is 0 Å². The predicted molar refractivity (Wildman–Crippen MR) is 99.6 cm³/mol. The number of rotatable bonds is 4. The first-order valence-corrected chi connectivity index (χ1v) is 9.58. The van der Waals surface area contributed by atoms with Crippen molar-refractivity contribution in [2.24, 2.45) is 11.8 Å². The van der Waals surface area contributed by atoms with Crippen LogP contribution >= 0.6 is 0 Å². The van der Waals surface area contributed by atoms with Gasteiger partial charge in [-0.1, -0.05) is 13.8 Å². The molecule has 2 saturated heterocycles. The number of benzene rings is 1. The van der Waals surface area contributed by atoms with E-state index >= 15 is 0 Å². The first-order chi connectivity index (χ1) is 11.6. The second-order valence-electron chi connectivity index (χ2n) is 7.87. The molecule has 2 N–H and O–H groups in total. The van der Waals surface area contributed by atoms with Crippen LogP contribution in [0.5, 0.6) is 0 Å². The second-order valence-corrected chi connectivity index (χ2v) is 7.87. The highest BCUT2D eigenvalue weighted by atomic mass is 16.2. The van der Waals surface area contributed by atoms with Gasteiger partial charge in [-0.25, -0.2) is 0 Å². The minimum atomic E-state index is 0.138. The van der Waals surface area contributed by atoms with Crippen LogP contribution in [-0.2, 0) is 4.79 Å². The molecule has 2 fully saturated rings. The molecule has 4 heteroatoms. The number of anilines is 2. The molecule has 1 aromatic rings. The van der Waals surface area contributed by atoms with Crippen LogP contribution in [0.15, 0.2) is 24.3 Å². The number of hydrogen-bond donors (Lipinski definition) is 2. The normalized spacial score (nSPS) is 25.5. The van der Waals surface area contributed by atoms with Crippen LogP contribution in [0.4, 0.5) is 11.4 Å². The smallest absolute Gasteiger partial charge is 0.279 e. The monoisotopic (exact) mass is 330 g/mol. The largest absolute Gasteiger partial charge is 0.372 e. The van der Waals surface area contributed by atoms with Crippen molar-refractivity contribution in [1.82, 2.24) is 0 Å². The van der Waals surface area contributed by atoms with Gasteiger partial charge in [0.1, 0.15) is 0 Å².